The topological polar surface area (TPSA) is 104 Å². The predicted octanol–water partition coefficient (Wildman–Crippen LogP) is 3.78. The second-order valence-electron chi connectivity index (χ2n) is 9.79. The molecule has 0 radical (unpaired) electrons. The number of piperidine rings is 1. The van der Waals surface area contributed by atoms with Gasteiger partial charge in [-0.2, -0.15) is 0 Å². The van der Waals surface area contributed by atoms with Crippen molar-refractivity contribution in [3.05, 3.63) is 71.7 Å². The molecule has 0 aliphatic carbocycles. The number of nitrogens with one attached hydrogen (secondary N) is 2. The van der Waals surface area contributed by atoms with E-state index in [-0.39, 0.29) is 11.6 Å². The maximum absolute atomic E-state index is 12.8. The second kappa shape index (κ2) is 13.1. The lowest BCUT2D eigenvalue weighted by Gasteiger charge is -2.28. The van der Waals surface area contributed by atoms with Crippen LogP contribution in [0, 0.1) is 0 Å². The van der Waals surface area contributed by atoms with E-state index in [0.29, 0.717) is 29.2 Å². The fourth-order valence-electron chi connectivity index (χ4n) is 5.06. The molecule has 2 saturated heterocycles. The van der Waals surface area contributed by atoms with Crippen LogP contribution < -0.4 is 21.3 Å². The maximum atomic E-state index is 12.8. The molecule has 3 heterocycles. The van der Waals surface area contributed by atoms with Crippen molar-refractivity contribution >= 4 is 29.3 Å². The summed E-state index contributed by atoms with van der Waals surface area (Å²) in [6.45, 7) is 4.07. The van der Waals surface area contributed by atoms with Crippen molar-refractivity contribution < 1.29 is 9.59 Å². The van der Waals surface area contributed by atoms with E-state index in [1.54, 1.807) is 18.2 Å². The number of anilines is 2. The summed E-state index contributed by atoms with van der Waals surface area (Å²) >= 11 is 0. The number of amides is 1. The number of likely N-dealkylation sites (tertiary alicyclic amines) is 1. The van der Waals surface area contributed by atoms with Crippen molar-refractivity contribution in [1.82, 2.24) is 15.2 Å². The third kappa shape index (κ3) is 7.20. The highest BCUT2D eigenvalue weighted by atomic mass is 16.2. The molecule has 1 aromatic heterocycles. The van der Waals surface area contributed by atoms with Crippen LogP contribution in [-0.2, 0) is 4.79 Å². The zero-order valence-corrected chi connectivity index (χ0v) is 21.7. The maximum Gasteiger partial charge on any atom is 0.255 e. The molecule has 1 unspecified atom stereocenters. The summed E-state index contributed by atoms with van der Waals surface area (Å²) in [7, 11) is 2.18. The number of hydrogen-bond donors (Lipinski definition) is 3. The van der Waals surface area contributed by atoms with Crippen molar-refractivity contribution in [2.75, 3.05) is 43.4 Å². The highest BCUT2D eigenvalue weighted by Crippen LogP contribution is 2.21. The SMILES string of the molecule is CN1CCCC1CCNc1cccc(C(/C=C(\C=O)NC(=O)c2ccc(N3CCCCC3)cc2)=C/N)n1. The molecule has 2 aromatic rings. The molecule has 1 atom stereocenters. The van der Waals surface area contributed by atoms with Crippen LogP contribution in [0.5, 0.6) is 0 Å². The molecule has 1 amide bonds. The van der Waals surface area contributed by atoms with Gasteiger partial charge in [-0.05, 0) is 94.6 Å². The Kier molecular flexibility index (Phi) is 9.32. The highest BCUT2D eigenvalue weighted by molar-refractivity contribution is 5.99. The molecule has 2 aliphatic rings. The molecule has 8 heteroatoms. The molecule has 8 nitrogen and oxygen atoms in total. The number of hydrogen-bond acceptors (Lipinski definition) is 7. The van der Waals surface area contributed by atoms with Gasteiger partial charge in [0.2, 0.25) is 0 Å². The molecule has 2 aliphatic heterocycles. The molecule has 4 rings (SSSR count). The van der Waals surface area contributed by atoms with Gasteiger partial charge in [0.25, 0.3) is 5.91 Å². The van der Waals surface area contributed by atoms with Crippen molar-refractivity contribution in [1.29, 1.82) is 0 Å². The van der Waals surface area contributed by atoms with E-state index in [4.69, 9.17) is 5.73 Å². The first-order chi connectivity index (χ1) is 18.1. The Balaban J connectivity index is 1.37. The normalized spacial score (nSPS) is 19.1. The van der Waals surface area contributed by atoms with Gasteiger partial charge in [-0.1, -0.05) is 6.07 Å². The molecule has 1 aromatic carbocycles. The molecule has 0 bridgehead atoms. The number of nitrogens with zero attached hydrogens (tertiary/aromatic N) is 3. The van der Waals surface area contributed by atoms with Gasteiger partial charge in [0.05, 0.1) is 11.4 Å². The lowest BCUT2D eigenvalue weighted by Crippen LogP contribution is -2.29. The zero-order chi connectivity index (χ0) is 26.0. The fourth-order valence-corrected chi connectivity index (χ4v) is 5.06. The summed E-state index contributed by atoms with van der Waals surface area (Å²) in [4.78, 5) is 34.0. The third-order valence-electron chi connectivity index (χ3n) is 7.23. The van der Waals surface area contributed by atoms with Crippen LogP contribution >= 0.6 is 0 Å². The minimum atomic E-state index is -0.347. The number of rotatable bonds is 10. The Labute approximate surface area is 219 Å². The molecule has 196 valence electrons. The Hall–Kier alpha value is -3.65. The number of benzene rings is 1. The standard InChI is InChI=1S/C29H38N6O2/c1-34-16-6-7-25(34)14-15-31-28-9-5-8-27(33-28)23(20-30)19-24(21-36)32-29(37)22-10-12-26(13-11-22)35-17-3-2-4-18-35/h5,8-13,19-21,25H,2-4,6-7,14-18,30H2,1H3,(H,31,33)(H,32,37)/b23-20+,24-19+. The number of carbonyl (C=O) groups excluding carboxylic acids is 2. The van der Waals surface area contributed by atoms with E-state index in [9.17, 15) is 9.59 Å². The minimum absolute atomic E-state index is 0.117. The first-order valence-corrected chi connectivity index (χ1v) is 13.2. The number of aldehydes is 1. The van der Waals surface area contributed by atoms with E-state index in [0.717, 1.165) is 44.1 Å². The van der Waals surface area contributed by atoms with Crippen molar-refractivity contribution in [2.45, 2.75) is 44.6 Å². The summed E-state index contributed by atoms with van der Waals surface area (Å²) in [6.07, 6.45) is 10.8. The van der Waals surface area contributed by atoms with Gasteiger partial charge in [-0.25, -0.2) is 4.98 Å². The van der Waals surface area contributed by atoms with Gasteiger partial charge in [-0.3, -0.25) is 9.59 Å². The average molecular weight is 503 g/mol. The quantitative estimate of drug-likeness (QED) is 0.258. The summed E-state index contributed by atoms with van der Waals surface area (Å²) in [5.74, 6) is 0.400. The number of allylic oxidation sites excluding steroid dienone is 3. The van der Waals surface area contributed by atoms with E-state index in [2.05, 4.69) is 32.5 Å². The summed E-state index contributed by atoms with van der Waals surface area (Å²) < 4.78 is 0. The molecule has 0 spiro atoms. The third-order valence-corrected chi connectivity index (χ3v) is 7.23. The molecule has 37 heavy (non-hydrogen) atoms. The molecule has 4 N–H and O–H groups in total. The monoisotopic (exact) mass is 502 g/mol. The van der Waals surface area contributed by atoms with Crippen LogP contribution in [0.4, 0.5) is 11.5 Å². The first kappa shape index (κ1) is 26.4. The van der Waals surface area contributed by atoms with Crippen LogP contribution in [0.1, 0.15) is 54.6 Å². The smallest absolute Gasteiger partial charge is 0.255 e. The Bertz CT molecular complexity index is 1120. The molecule has 0 saturated carbocycles. The molecular formula is C29H38N6O2. The fraction of sp³-hybridized carbons (Fsp3) is 0.414. The van der Waals surface area contributed by atoms with E-state index in [1.165, 1.54) is 38.3 Å². The van der Waals surface area contributed by atoms with Gasteiger partial charge in [-0.15, -0.1) is 0 Å². The van der Waals surface area contributed by atoms with Crippen molar-refractivity contribution in [3.8, 4) is 0 Å². The number of carbonyl (C=O) groups is 2. The van der Waals surface area contributed by atoms with Crippen LogP contribution in [0.15, 0.2) is 60.4 Å². The van der Waals surface area contributed by atoms with Gasteiger partial charge in [0.1, 0.15) is 5.82 Å². The number of nitrogens with two attached hydrogens (primary N) is 1. The minimum Gasteiger partial charge on any atom is -0.404 e. The van der Waals surface area contributed by atoms with Crippen LogP contribution in [0.2, 0.25) is 0 Å². The van der Waals surface area contributed by atoms with Crippen LogP contribution in [0.3, 0.4) is 0 Å². The van der Waals surface area contributed by atoms with Crippen molar-refractivity contribution in [3.63, 3.8) is 0 Å². The largest absolute Gasteiger partial charge is 0.404 e. The van der Waals surface area contributed by atoms with E-state index in [1.807, 2.05) is 30.3 Å². The van der Waals surface area contributed by atoms with Crippen molar-refractivity contribution in [2.24, 2.45) is 5.73 Å². The summed E-state index contributed by atoms with van der Waals surface area (Å²) in [6, 6.07) is 13.8. The Morgan fingerprint density at radius 2 is 1.86 bits per heavy atom. The van der Waals surface area contributed by atoms with Gasteiger partial charge in [0.15, 0.2) is 6.29 Å². The molecular weight excluding hydrogens is 464 g/mol. The average Bonchev–Trinajstić information content (AvgIpc) is 3.36. The lowest BCUT2D eigenvalue weighted by atomic mass is 10.1. The molecule has 2 fully saturated rings. The first-order valence-electron chi connectivity index (χ1n) is 13.2. The van der Waals surface area contributed by atoms with Crippen LogP contribution in [0.25, 0.3) is 5.57 Å². The van der Waals surface area contributed by atoms with E-state index >= 15 is 0 Å². The number of aromatic nitrogens is 1. The highest BCUT2D eigenvalue weighted by Gasteiger charge is 2.20. The van der Waals surface area contributed by atoms with Gasteiger partial charge < -0.3 is 26.2 Å². The number of pyridine rings is 1. The van der Waals surface area contributed by atoms with Gasteiger partial charge in [0, 0.05) is 48.7 Å². The Morgan fingerprint density at radius 3 is 2.54 bits per heavy atom. The Morgan fingerprint density at radius 1 is 1.08 bits per heavy atom. The van der Waals surface area contributed by atoms with Gasteiger partial charge >= 0.3 is 0 Å². The second-order valence-corrected chi connectivity index (χ2v) is 9.79. The zero-order valence-electron chi connectivity index (χ0n) is 21.7. The van der Waals surface area contributed by atoms with Crippen LogP contribution in [-0.4, -0.2) is 61.3 Å². The predicted molar refractivity (Wildman–Crippen MR) is 149 cm³/mol. The lowest BCUT2D eigenvalue weighted by molar-refractivity contribution is -0.105. The summed E-state index contributed by atoms with van der Waals surface area (Å²) in [5, 5.41) is 6.09. The van der Waals surface area contributed by atoms with E-state index < -0.39 is 0 Å². The summed E-state index contributed by atoms with van der Waals surface area (Å²) in [5.41, 5.74) is 8.76.